The van der Waals surface area contributed by atoms with Crippen LogP contribution in [-0.4, -0.2) is 48.9 Å². The topological polar surface area (TPSA) is 58.7 Å². The molecule has 0 aliphatic heterocycles. The summed E-state index contributed by atoms with van der Waals surface area (Å²) < 4.78 is 5.74. The standard InChI is InChI=1S/C15H24N2O2/c16-8-7-13-1-5-15(6-2-13)19-12-10-17(9-11-18)14-3-4-14/h1-2,5-6,14,18H,3-4,7-12,16H2. The predicted molar refractivity (Wildman–Crippen MR) is 76.4 cm³/mol. The largest absolute Gasteiger partial charge is 0.492 e. The maximum atomic E-state index is 9.02. The van der Waals surface area contributed by atoms with Gasteiger partial charge in [0.15, 0.2) is 0 Å². The summed E-state index contributed by atoms with van der Waals surface area (Å²) in [6.07, 6.45) is 3.42. The molecule has 4 heteroatoms. The second-order valence-electron chi connectivity index (χ2n) is 5.02. The van der Waals surface area contributed by atoms with Crippen molar-refractivity contribution in [2.24, 2.45) is 5.73 Å². The predicted octanol–water partition coefficient (Wildman–Crippen LogP) is 1.02. The van der Waals surface area contributed by atoms with Gasteiger partial charge < -0.3 is 15.6 Å². The van der Waals surface area contributed by atoms with Gasteiger partial charge in [-0.25, -0.2) is 0 Å². The van der Waals surface area contributed by atoms with Crippen molar-refractivity contribution >= 4 is 0 Å². The zero-order chi connectivity index (χ0) is 13.5. The van der Waals surface area contributed by atoms with Gasteiger partial charge in [-0.1, -0.05) is 12.1 Å². The molecule has 19 heavy (non-hydrogen) atoms. The number of hydrogen-bond acceptors (Lipinski definition) is 4. The zero-order valence-corrected chi connectivity index (χ0v) is 11.4. The molecule has 2 rings (SSSR count). The minimum atomic E-state index is 0.226. The smallest absolute Gasteiger partial charge is 0.119 e. The van der Waals surface area contributed by atoms with E-state index in [2.05, 4.69) is 17.0 Å². The van der Waals surface area contributed by atoms with Crippen LogP contribution in [0.4, 0.5) is 0 Å². The van der Waals surface area contributed by atoms with Crippen LogP contribution in [-0.2, 0) is 6.42 Å². The molecule has 1 aliphatic rings. The van der Waals surface area contributed by atoms with E-state index in [0.29, 0.717) is 19.2 Å². The molecular formula is C15H24N2O2. The Labute approximate surface area is 115 Å². The molecule has 0 heterocycles. The van der Waals surface area contributed by atoms with Crippen LogP contribution in [0, 0.1) is 0 Å². The highest BCUT2D eigenvalue weighted by molar-refractivity contribution is 5.27. The fourth-order valence-electron chi connectivity index (χ4n) is 2.24. The highest BCUT2D eigenvalue weighted by Gasteiger charge is 2.28. The molecule has 1 aromatic carbocycles. The number of rotatable bonds is 9. The van der Waals surface area contributed by atoms with Crippen LogP contribution in [0.5, 0.6) is 5.75 Å². The molecule has 0 unspecified atom stereocenters. The minimum absolute atomic E-state index is 0.226. The molecule has 0 atom stereocenters. The van der Waals surface area contributed by atoms with Gasteiger partial charge in [0.05, 0.1) is 6.61 Å². The normalized spacial score (nSPS) is 14.9. The Kier molecular flexibility index (Phi) is 5.63. The molecule has 0 radical (unpaired) electrons. The number of ether oxygens (including phenoxy) is 1. The van der Waals surface area contributed by atoms with Gasteiger partial charge >= 0.3 is 0 Å². The summed E-state index contributed by atoms with van der Waals surface area (Å²) >= 11 is 0. The van der Waals surface area contributed by atoms with Crippen LogP contribution in [0.1, 0.15) is 18.4 Å². The van der Waals surface area contributed by atoms with E-state index in [1.54, 1.807) is 0 Å². The number of nitrogens with zero attached hydrogens (tertiary/aromatic N) is 1. The monoisotopic (exact) mass is 264 g/mol. The summed E-state index contributed by atoms with van der Waals surface area (Å²) in [5.74, 6) is 0.903. The minimum Gasteiger partial charge on any atom is -0.492 e. The number of benzene rings is 1. The molecule has 3 N–H and O–H groups in total. The molecule has 0 saturated heterocycles. The first-order valence-electron chi connectivity index (χ1n) is 7.10. The Bertz CT molecular complexity index is 363. The van der Waals surface area contributed by atoms with Crippen molar-refractivity contribution in [1.82, 2.24) is 4.90 Å². The summed E-state index contributed by atoms with van der Waals surface area (Å²) in [4.78, 5) is 2.31. The van der Waals surface area contributed by atoms with Crippen LogP contribution in [0.3, 0.4) is 0 Å². The van der Waals surface area contributed by atoms with Crippen molar-refractivity contribution in [3.05, 3.63) is 29.8 Å². The molecule has 1 aliphatic carbocycles. The number of hydrogen-bond donors (Lipinski definition) is 2. The lowest BCUT2D eigenvalue weighted by molar-refractivity contribution is 0.162. The molecule has 1 aromatic rings. The summed E-state index contributed by atoms with van der Waals surface area (Å²) in [6.45, 7) is 3.22. The van der Waals surface area contributed by atoms with E-state index in [0.717, 1.165) is 25.3 Å². The molecule has 1 saturated carbocycles. The van der Waals surface area contributed by atoms with Crippen molar-refractivity contribution in [2.75, 3.05) is 32.8 Å². The average Bonchev–Trinajstić information content (AvgIpc) is 3.24. The Morgan fingerprint density at radius 3 is 2.53 bits per heavy atom. The lowest BCUT2D eigenvalue weighted by Gasteiger charge is -2.20. The highest BCUT2D eigenvalue weighted by atomic mass is 16.5. The Morgan fingerprint density at radius 1 is 1.21 bits per heavy atom. The van der Waals surface area contributed by atoms with Crippen LogP contribution < -0.4 is 10.5 Å². The Hall–Kier alpha value is -1.10. The number of nitrogens with two attached hydrogens (primary N) is 1. The second kappa shape index (κ2) is 7.48. The van der Waals surface area contributed by atoms with Crippen molar-refractivity contribution in [3.63, 3.8) is 0 Å². The summed E-state index contributed by atoms with van der Waals surface area (Å²) in [5, 5.41) is 9.02. The van der Waals surface area contributed by atoms with Crippen LogP contribution in [0.15, 0.2) is 24.3 Å². The van der Waals surface area contributed by atoms with Crippen LogP contribution in [0.25, 0.3) is 0 Å². The van der Waals surface area contributed by atoms with Gasteiger partial charge in [0.1, 0.15) is 12.4 Å². The highest BCUT2D eigenvalue weighted by Crippen LogP contribution is 2.26. The zero-order valence-electron chi connectivity index (χ0n) is 11.4. The molecule has 0 spiro atoms. The maximum absolute atomic E-state index is 9.02. The second-order valence-corrected chi connectivity index (χ2v) is 5.02. The van der Waals surface area contributed by atoms with E-state index in [9.17, 15) is 0 Å². The fraction of sp³-hybridized carbons (Fsp3) is 0.600. The molecule has 4 nitrogen and oxygen atoms in total. The molecule has 1 fully saturated rings. The van der Waals surface area contributed by atoms with Gasteiger partial charge in [-0.3, -0.25) is 4.90 Å². The third-order valence-electron chi connectivity index (χ3n) is 3.45. The van der Waals surface area contributed by atoms with E-state index >= 15 is 0 Å². The molecule has 0 bridgehead atoms. The fourth-order valence-corrected chi connectivity index (χ4v) is 2.24. The lowest BCUT2D eigenvalue weighted by Crippen LogP contribution is -2.33. The third-order valence-corrected chi connectivity index (χ3v) is 3.45. The van der Waals surface area contributed by atoms with Crippen molar-refractivity contribution in [2.45, 2.75) is 25.3 Å². The average molecular weight is 264 g/mol. The maximum Gasteiger partial charge on any atom is 0.119 e. The quantitative estimate of drug-likeness (QED) is 0.699. The van der Waals surface area contributed by atoms with Crippen LogP contribution in [0.2, 0.25) is 0 Å². The first kappa shape index (κ1) is 14.3. The Morgan fingerprint density at radius 2 is 1.95 bits per heavy atom. The first-order chi connectivity index (χ1) is 9.33. The van der Waals surface area contributed by atoms with E-state index in [-0.39, 0.29) is 6.61 Å². The summed E-state index contributed by atoms with van der Waals surface area (Å²) in [7, 11) is 0. The molecule has 106 valence electrons. The van der Waals surface area contributed by atoms with Gasteiger partial charge in [-0.2, -0.15) is 0 Å². The molecule has 0 aromatic heterocycles. The Balaban J connectivity index is 1.72. The van der Waals surface area contributed by atoms with Gasteiger partial charge in [0.2, 0.25) is 0 Å². The van der Waals surface area contributed by atoms with Crippen molar-refractivity contribution in [1.29, 1.82) is 0 Å². The summed E-state index contributed by atoms with van der Waals surface area (Å²) in [6, 6.07) is 8.79. The van der Waals surface area contributed by atoms with Crippen molar-refractivity contribution in [3.8, 4) is 5.75 Å². The molecular weight excluding hydrogens is 240 g/mol. The SMILES string of the molecule is NCCc1ccc(OCCN(CCO)C2CC2)cc1. The van der Waals surface area contributed by atoms with E-state index in [1.807, 2.05) is 12.1 Å². The summed E-state index contributed by atoms with van der Waals surface area (Å²) in [5.41, 5.74) is 6.76. The van der Waals surface area contributed by atoms with E-state index < -0.39 is 0 Å². The number of aliphatic hydroxyl groups is 1. The van der Waals surface area contributed by atoms with Gasteiger partial charge in [0, 0.05) is 19.1 Å². The van der Waals surface area contributed by atoms with E-state index in [4.69, 9.17) is 15.6 Å². The first-order valence-corrected chi connectivity index (χ1v) is 7.10. The van der Waals surface area contributed by atoms with E-state index in [1.165, 1.54) is 18.4 Å². The van der Waals surface area contributed by atoms with Crippen molar-refractivity contribution < 1.29 is 9.84 Å². The molecule has 0 amide bonds. The lowest BCUT2D eigenvalue weighted by atomic mass is 10.1. The third kappa shape index (κ3) is 4.82. The van der Waals surface area contributed by atoms with Crippen LogP contribution >= 0.6 is 0 Å². The number of aliphatic hydroxyl groups excluding tert-OH is 1. The van der Waals surface area contributed by atoms with Gasteiger partial charge in [-0.15, -0.1) is 0 Å². The van der Waals surface area contributed by atoms with Gasteiger partial charge in [-0.05, 0) is 43.5 Å². The van der Waals surface area contributed by atoms with Gasteiger partial charge in [0.25, 0.3) is 0 Å².